The Bertz CT molecular complexity index is 721. The summed E-state index contributed by atoms with van der Waals surface area (Å²) in [5, 5.41) is 0.249. The fourth-order valence-electron chi connectivity index (χ4n) is 1.81. The molecule has 7 heteroatoms. The van der Waals surface area contributed by atoms with Gasteiger partial charge in [-0.1, -0.05) is 37.3 Å². The van der Waals surface area contributed by atoms with Crippen molar-refractivity contribution in [1.29, 1.82) is 0 Å². The van der Waals surface area contributed by atoms with E-state index in [1.54, 1.807) is 13.0 Å². The summed E-state index contributed by atoms with van der Waals surface area (Å²) in [6.45, 7) is 5.75. The van der Waals surface area contributed by atoms with E-state index in [0.29, 0.717) is 17.3 Å². The number of nitrogens with zero attached hydrogens (tertiary/aromatic N) is 1. The number of benzene rings is 1. The predicted molar refractivity (Wildman–Crippen MR) is 82.6 cm³/mol. The number of thiazole rings is 1. The number of rotatable bonds is 4. The van der Waals surface area contributed by atoms with Crippen molar-refractivity contribution in [3.05, 3.63) is 35.5 Å². The van der Waals surface area contributed by atoms with E-state index in [9.17, 15) is 8.42 Å². The lowest BCUT2D eigenvalue weighted by Crippen LogP contribution is -2.12. The molecule has 1 aromatic carbocycles. The molecule has 108 valence electrons. The molecule has 0 saturated heterocycles. The number of sulfonamides is 1. The van der Waals surface area contributed by atoms with Gasteiger partial charge in [-0.15, -0.1) is 0 Å². The second-order valence-electron chi connectivity index (χ2n) is 4.81. The van der Waals surface area contributed by atoms with E-state index < -0.39 is 10.0 Å². The van der Waals surface area contributed by atoms with Gasteiger partial charge in [-0.25, -0.2) is 13.4 Å². The third-order valence-corrected chi connectivity index (χ3v) is 5.80. The predicted octanol–water partition coefficient (Wildman–Crippen LogP) is 2.96. The third-order valence-electron chi connectivity index (χ3n) is 2.82. The van der Waals surface area contributed by atoms with Crippen molar-refractivity contribution in [1.82, 2.24) is 4.98 Å². The highest BCUT2D eigenvalue weighted by molar-refractivity contribution is 7.94. The molecule has 0 radical (unpaired) electrons. The van der Waals surface area contributed by atoms with E-state index in [-0.39, 0.29) is 9.34 Å². The van der Waals surface area contributed by atoms with Crippen LogP contribution in [0.2, 0.25) is 0 Å². The van der Waals surface area contributed by atoms with Crippen LogP contribution < -0.4 is 10.5 Å². The summed E-state index contributed by atoms with van der Waals surface area (Å²) in [6, 6.07) is 7.37. The van der Waals surface area contributed by atoms with Crippen LogP contribution in [0.4, 0.5) is 10.8 Å². The molecule has 0 spiro atoms. The first-order chi connectivity index (χ1) is 9.29. The lowest BCUT2D eigenvalue weighted by Gasteiger charge is -2.10. The molecule has 20 heavy (non-hydrogen) atoms. The zero-order chi connectivity index (χ0) is 14.9. The quantitative estimate of drug-likeness (QED) is 0.909. The molecule has 0 bridgehead atoms. The standard InChI is InChI=1S/C13H17N3O2S2/c1-8(2)10-5-4-6-11(7-10)16-20(17,18)12-9(3)15-13(14)19-12/h4-8,16H,1-3H3,(H2,14,15). The number of nitrogens with two attached hydrogens (primary N) is 1. The van der Waals surface area contributed by atoms with Gasteiger partial charge >= 0.3 is 0 Å². The minimum Gasteiger partial charge on any atom is -0.375 e. The summed E-state index contributed by atoms with van der Waals surface area (Å²) in [5.74, 6) is 0.334. The third kappa shape index (κ3) is 3.10. The van der Waals surface area contributed by atoms with Crippen LogP contribution in [0.15, 0.2) is 28.5 Å². The normalized spacial score (nSPS) is 11.8. The number of nitrogen functional groups attached to an aromatic ring is 1. The summed E-state index contributed by atoms with van der Waals surface area (Å²) in [7, 11) is -3.64. The van der Waals surface area contributed by atoms with Gasteiger partial charge in [-0.05, 0) is 30.5 Å². The van der Waals surface area contributed by atoms with Gasteiger partial charge in [0.25, 0.3) is 10.0 Å². The van der Waals surface area contributed by atoms with E-state index in [1.165, 1.54) is 0 Å². The van der Waals surface area contributed by atoms with E-state index in [0.717, 1.165) is 16.9 Å². The molecule has 0 saturated carbocycles. The zero-order valence-electron chi connectivity index (χ0n) is 11.5. The maximum Gasteiger partial charge on any atom is 0.273 e. The molecule has 3 N–H and O–H groups in total. The highest BCUT2D eigenvalue weighted by Crippen LogP contribution is 2.27. The first-order valence-corrected chi connectivity index (χ1v) is 8.45. The van der Waals surface area contributed by atoms with Crippen molar-refractivity contribution in [3.63, 3.8) is 0 Å². The van der Waals surface area contributed by atoms with Gasteiger partial charge < -0.3 is 5.73 Å². The van der Waals surface area contributed by atoms with Crippen LogP contribution in [-0.4, -0.2) is 13.4 Å². The summed E-state index contributed by atoms with van der Waals surface area (Å²) in [5.41, 5.74) is 7.58. The van der Waals surface area contributed by atoms with Crippen LogP contribution in [0.5, 0.6) is 0 Å². The van der Waals surface area contributed by atoms with Gasteiger partial charge in [0.15, 0.2) is 9.34 Å². The maximum absolute atomic E-state index is 12.3. The Balaban J connectivity index is 2.33. The van der Waals surface area contributed by atoms with Gasteiger partial charge in [-0.3, -0.25) is 4.72 Å². The minimum absolute atomic E-state index is 0.157. The van der Waals surface area contributed by atoms with Gasteiger partial charge in [-0.2, -0.15) is 0 Å². The molecule has 0 aliphatic carbocycles. The molecule has 0 aliphatic rings. The molecule has 5 nitrogen and oxygen atoms in total. The topological polar surface area (TPSA) is 85.1 Å². The Labute approximate surface area is 122 Å². The maximum atomic E-state index is 12.3. The van der Waals surface area contributed by atoms with Gasteiger partial charge in [0, 0.05) is 5.69 Å². The smallest absolute Gasteiger partial charge is 0.273 e. The largest absolute Gasteiger partial charge is 0.375 e. The molecule has 1 heterocycles. The Hall–Kier alpha value is -1.60. The highest BCUT2D eigenvalue weighted by atomic mass is 32.2. The molecule has 2 rings (SSSR count). The lowest BCUT2D eigenvalue weighted by molar-refractivity contribution is 0.602. The molecule has 0 amide bonds. The van der Waals surface area contributed by atoms with Crippen molar-refractivity contribution >= 4 is 32.2 Å². The molecule has 0 atom stereocenters. The highest BCUT2D eigenvalue weighted by Gasteiger charge is 2.21. The average Bonchev–Trinajstić information content (AvgIpc) is 2.69. The van der Waals surface area contributed by atoms with Crippen molar-refractivity contribution in [2.24, 2.45) is 0 Å². The molecular weight excluding hydrogens is 294 g/mol. The number of nitrogens with one attached hydrogen (secondary N) is 1. The SMILES string of the molecule is Cc1nc(N)sc1S(=O)(=O)Nc1cccc(C(C)C)c1. The van der Waals surface area contributed by atoms with Crippen LogP contribution in [0, 0.1) is 6.92 Å². The number of hydrogen-bond acceptors (Lipinski definition) is 5. The second-order valence-corrected chi connectivity index (χ2v) is 7.72. The number of aryl methyl sites for hydroxylation is 1. The zero-order valence-corrected chi connectivity index (χ0v) is 13.2. The number of anilines is 2. The van der Waals surface area contributed by atoms with Crippen molar-refractivity contribution in [3.8, 4) is 0 Å². The fourth-order valence-corrected chi connectivity index (χ4v) is 4.17. The molecular formula is C13H17N3O2S2. The summed E-state index contributed by atoms with van der Waals surface area (Å²) in [6.07, 6.45) is 0. The Morgan fingerprint density at radius 2 is 2.05 bits per heavy atom. The van der Waals surface area contributed by atoms with Gasteiger partial charge in [0.05, 0.1) is 5.69 Å². The summed E-state index contributed by atoms with van der Waals surface area (Å²) in [4.78, 5) is 3.94. The van der Waals surface area contributed by atoms with Crippen molar-refractivity contribution < 1.29 is 8.42 Å². The number of hydrogen-bond donors (Lipinski definition) is 2. The van der Waals surface area contributed by atoms with E-state index >= 15 is 0 Å². The van der Waals surface area contributed by atoms with Crippen LogP contribution in [0.1, 0.15) is 31.0 Å². The molecule has 0 fully saturated rings. The Morgan fingerprint density at radius 1 is 1.35 bits per heavy atom. The Morgan fingerprint density at radius 3 is 2.60 bits per heavy atom. The monoisotopic (exact) mass is 311 g/mol. The van der Waals surface area contributed by atoms with E-state index in [2.05, 4.69) is 23.6 Å². The van der Waals surface area contributed by atoms with Crippen LogP contribution in [0.25, 0.3) is 0 Å². The first kappa shape index (κ1) is 14.8. The lowest BCUT2D eigenvalue weighted by atomic mass is 10.0. The Kier molecular flexibility index (Phi) is 4.01. The fraction of sp³-hybridized carbons (Fsp3) is 0.308. The van der Waals surface area contributed by atoms with Gasteiger partial charge in [0.2, 0.25) is 0 Å². The molecule has 2 aromatic rings. The summed E-state index contributed by atoms with van der Waals surface area (Å²) >= 11 is 0.967. The minimum atomic E-state index is -3.64. The van der Waals surface area contributed by atoms with Gasteiger partial charge in [0.1, 0.15) is 0 Å². The first-order valence-electron chi connectivity index (χ1n) is 6.15. The number of aromatic nitrogens is 1. The average molecular weight is 311 g/mol. The molecule has 0 unspecified atom stereocenters. The van der Waals surface area contributed by atoms with E-state index in [4.69, 9.17) is 5.73 Å². The molecule has 0 aliphatic heterocycles. The summed E-state index contributed by atoms with van der Waals surface area (Å²) < 4.78 is 27.4. The van der Waals surface area contributed by atoms with Crippen molar-refractivity contribution in [2.75, 3.05) is 10.5 Å². The van der Waals surface area contributed by atoms with Crippen LogP contribution >= 0.6 is 11.3 Å². The van der Waals surface area contributed by atoms with Crippen molar-refractivity contribution in [2.45, 2.75) is 30.9 Å². The van der Waals surface area contributed by atoms with Crippen LogP contribution in [-0.2, 0) is 10.0 Å². The van der Waals surface area contributed by atoms with E-state index in [1.807, 2.05) is 18.2 Å². The molecule has 1 aromatic heterocycles. The second kappa shape index (κ2) is 5.41. The van der Waals surface area contributed by atoms with Crippen LogP contribution in [0.3, 0.4) is 0 Å².